The Bertz CT molecular complexity index is 1100. The van der Waals surface area contributed by atoms with Crippen molar-refractivity contribution >= 4 is 10.8 Å². The van der Waals surface area contributed by atoms with Crippen LogP contribution in [0.1, 0.15) is 119 Å². The van der Waals surface area contributed by atoms with Crippen molar-refractivity contribution in [3.63, 3.8) is 0 Å². The third-order valence-corrected chi connectivity index (χ3v) is 8.11. The molecule has 1 aliphatic rings. The average molecular weight is 465 g/mol. The van der Waals surface area contributed by atoms with Crippen LogP contribution < -0.4 is 0 Å². The molecule has 0 unspecified atom stereocenters. The van der Waals surface area contributed by atoms with Gasteiger partial charge in [-0.3, -0.25) is 0 Å². The number of hydrogen-bond donors (Lipinski definition) is 0. The number of fused-ring (bicyclic) bond motifs is 1. The summed E-state index contributed by atoms with van der Waals surface area (Å²) in [5, 5.41) is 2.57. The zero-order valence-corrected chi connectivity index (χ0v) is 22.1. The molecule has 0 N–H and O–H groups in total. The van der Waals surface area contributed by atoms with Crippen LogP contribution in [0.3, 0.4) is 0 Å². The van der Waals surface area contributed by atoms with Gasteiger partial charge in [0.05, 0.1) is 0 Å². The molecular formula is C35H44. The smallest absolute Gasteiger partial charge is 0.0255 e. The fourth-order valence-electron chi connectivity index (χ4n) is 5.75. The summed E-state index contributed by atoms with van der Waals surface area (Å²) in [6.07, 6.45) is 18.1. The fourth-order valence-corrected chi connectivity index (χ4v) is 5.75. The molecule has 3 aromatic rings. The van der Waals surface area contributed by atoms with Crippen LogP contribution in [0.15, 0.2) is 60.7 Å². The second-order valence-corrected chi connectivity index (χ2v) is 10.7. The molecule has 184 valence electrons. The van der Waals surface area contributed by atoms with E-state index in [1.165, 1.54) is 98.9 Å². The summed E-state index contributed by atoms with van der Waals surface area (Å²) < 4.78 is 0. The van der Waals surface area contributed by atoms with E-state index in [1.807, 2.05) is 0 Å². The SMILES string of the molecule is CCCCCCCCC[C@H]1CC[C@H](c2ccc(C#Cc3ccc4cc(CC)ccc4c3)cc2)CC1. The van der Waals surface area contributed by atoms with Gasteiger partial charge in [-0.2, -0.15) is 0 Å². The third kappa shape index (κ3) is 7.73. The average Bonchev–Trinajstić information content (AvgIpc) is 2.91. The Balaban J connectivity index is 1.23. The Hall–Kier alpha value is -2.52. The molecule has 0 heteroatoms. The molecule has 0 radical (unpaired) electrons. The molecule has 1 saturated carbocycles. The molecule has 1 fully saturated rings. The monoisotopic (exact) mass is 464 g/mol. The van der Waals surface area contributed by atoms with Crippen molar-refractivity contribution in [2.45, 2.75) is 103 Å². The molecule has 4 rings (SSSR count). The maximum Gasteiger partial charge on any atom is 0.0255 e. The molecule has 0 heterocycles. The highest BCUT2D eigenvalue weighted by Gasteiger charge is 2.21. The van der Waals surface area contributed by atoms with Gasteiger partial charge in [0.25, 0.3) is 0 Å². The first-order valence-electron chi connectivity index (χ1n) is 14.4. The van der Waals surface area contributed by atoms with E-state index in [2.05, 4.69) is 86.4 Å². The van der Waals surface area contributed by atoms with Crippen molar-refractivity contribution in [1.82, 2.24) is 0 Å². The van der Waals surface area contributed by atoms with Crippen molar-refractivity contribution in [3.05, 3.63) is 82.9 Å². The lowest BCUT2D eigenvalue weighted by atomic mass is 9.77. The minimum atomic E-state index is 0.746. The van der Waals surface area contributed by atoms with Gasteiger partial charge in [-0.25, -0.2) is 0 Å². The molecule has 1 aliphatic carbocycles. The Morgan fingerprint density at radius 1 is 0.629 bits per heavy atom. The van der Waals surface area contributed by atoms with E-state index in [4.69, 9.17) is 0 Å². The number of hydrogen-bond acceptors (Lipinski definition) is 0. The quantitative estimate of drug-likeness (QED) is 0.207. The number of unbranched alkanes of at least 4 members (excludes halogenated alkanes) is 6. The molecule has 3 aromatic carbocycles. The summed E-state index contributed by atoms with van der Waals surface area (Å²) in [4.78, 5) is 0. The maximum absolute atomic E-state index is 3.38. The first-order chi connectivity index (χ1) is 17.2. The molecule has 0 atom stereocenters. The van der Waals surface area contributed by atoms with Crippen molar-refractivity contribution in [3.8, 4) is 11.8 Å². The van der Waals surface area contributed by atoms with Gasteiger partial charge in [-0.05, 0) is 90.1 Å². The van der Waals surface area contributed by atoms with Gasteiger partial charge in [0.15, 0.2) is 0 Å². The maximum atomic E-state index is 3.38. The Kier molecular flexibility index (Phi) is 9.89. The van der Waals surface area contributed by atoms with Crippen molar-refractivity contribution < 1.29 is 0 Å². The molecular weight excluding hydrogens is 420 g/mol. The summed E-state index contributed by atoms with van der Waals surface area (Å²) in [5.74, 6) is 8.48. The van der Waals surface area contributed by atoms with Crippen LogP contribution in [-0.2, 0) is 6.42 Å². The molecule has 0 saturated heterocycles. The molecule has 0 bridgehead atoms. The van der Waals surface area contributed by atoms with E-state index in [9.17, 15) is 0 Å². The Morgan fingerprint density at radius 2 is 1.26 bits per heavy atom. The van der Waals surface area contributed by atoms with Crippen LogP contribution in [0, 0.1) is 17.8 Å². The van der Waals surface area contributed by atoms with E-state index in [-0.39, 0.29) is 0 Å². The van der Waals surface area contributed by atoms with Crippen LogP contribution in [-0.4, -0.2) is 0 Å². The van der Waals surface area contributed by atoms with Crippen molar-refractivity contribution in [2.24, 2.45) is 5.92 Å². The molecule has 0 aliphatic heterocycles. The van der Waals surface area contributed by atoms with Crippen LogP contribution in [0.5, 0.6) is 0 Å². The van der Waals surface area contributed by atoms with E-state index in [0.29, 0.717) is 0 Å². The summed E-state index contributed by atoms with van der Waals surface area (Å²) in [6, 6.07) is 22.4. The summed E-state index contributed by atoms with van der Waals surface area (Å²) >= 11 is 0. The fraction of sp³-hybridized carbons (Fsp3) is 0.486. The molecule has 0 spiro atoms. The summed E-state index contributed by atoms with van der Waals surface area (Å²) in [5.41, 5.74) is 5.10. The Morgan fingerprint density at radius 3 is 2.00 bits per heavy atom. The lowest BCUT2D eigenvalue weighted by Gasteiger charge is -2.29. The predicted molar refractivity (Wildman–Crippen MR) is 153 cm³/mol. The number of aryl methyl sites for hydroxylation is 1. The van der Waals surface area contributed by atoms with Gasteiger partial charge in [0.1, 0.15) is 0 Å². The summed E-state index contributed by atoms with van der Waals surface area (Å²) in [6.45, 7) is 4.50. The first-order valence-corrected chi connectivity index (χ1v) is 14.4. The van der Waals surface area contributed by atoms with Gasteiger partial charge < -0.3 is 0 Å². The largest absolute Gasteiger partial charge is 0.0654 e. The molecule has 0 nitrogen and oxygen atoms in total. The first kappa shape index (κ1) is 25.6. The van der Waals surface area contributed by atoms with Crippen molar-refractivity contribution in [2.75, 3.05) is 0 Å². The Labute approximate surface area is 214 Å². The standard InChI is InChI=1S/C35H44/c1-3-5-6-7-8-9-10-11-29-15-20-32(21-16-29)33-22-17-30(18-23-33)12-13-31-19-25-34-26-28(4-2)14-24-35(34)27-31/h14,17-19,22-27,29,32H,3-11,15-16,20-21H2,1-2H3/t29-,32-. The number of benzene rings is 3. The highest BCUT2D eigenvalue weighted by molar-refractivity contribution is 5.84. The molecule has 35 heavy (non-hydrogen) atoms. The van der Waals surface area contributed by atoms with E-state index < -0.39 is 0 Å². The second-order valence-electron chi connectivity index (χ2n) is 10.7. The van der Waals surface area contributed by atoms with E-state index in [0.717, 1.165) is 29.4 Å². The van der Waals surface area contributed by atoms with Crippen LogP contribution >= 0.6 is 0 Å². The lowest BCUT2D eigenvalue weighted by molar-refractivity contribution is 0.302. The zero-order chi connectivity index (χ0) is 24.3. The molecule has 0 aromatic heterocycles. The van der Waals surface area contributed by atoms with Gasteiger partial charge in [-0.1, -0.05) is 113 Å². The van der Waals surface area contributed by atoms with Gasteiger partial charge in [0, 0.05) is 11.1 Å². The van der Waals surface area contributed by atoms with Crippen molar-refractivity contribution in [1.29, 1.82) is 0 Å². The van der Waals surface area contributed by atoms with E-state index in [1.54, 1.807) is 0 Å². The topological polar surface area (TPSA) is 0 Å². The van der Waals surface area contributed by atoms with Gasteiger partial charge >= 0.3 is 0 Å². The minimum absolute atomic E-state index is 0.746. The summed E-state index contributed by atoms with van der Waals surface area (Å²) in [7, 11) is 0. The van der Waals surface area contributed by atoms with Crippen LogP contribution in [0.2, 0.25) is 0 Å². The normalized spacial score (nSPS) is 17.8. The van der Waals surface area contributed by atoms with Gasteiger partial charge in [-0.15, -0.1) is 0 Å². The van der Waals surface area contributed by atoms with Crippen LogP contribution in [0.4, 0.5) is 0 Å². The number of rotatable bonds is 10. The van der Waals surface area contributed by atoms with E-state index >= 15 is 0 Å². The predicted octanol–water partition coefficient (Wildman–Crippen LogP) is 10.2. The zero-order valence-electron chi connectivity index (χ0n) is 22.1. The highest BCUT2D eigenvalue weighted by atomic mass is 14.3. The van der Waals surface area contributed by atoms with Gasteiger partial charge in [0.2, 0.25) is 0 Å². The highest BCUT2D eigenvalue weighted by Crippen LogP contribution is 2.37. The lowest BCUT2D eigenvalue weighted by Crippen LogP contribution is -2.13. The second kappa shape index (κ2) is 13.5. The minimum Gasteiger partial charge on any atom is -0.0654 e. The van der Waals surface area contributed by atoms with Crippen LogP contribution in [0.25, 0.3) is 10.8 Å². The molecule has 0 amide bonds. The third-order valence-electron chi connectivity index (χ3n) is 8.11.